The molecule has 4 rings (SSSR count). The second-order valence-electron chi connectivity index (χ2n) is 5.68. The highest BCUT2D eigenvalue weighted by Gasteiger charge is 2.10. The molecule has 0 fully saturated rings. The smallest absolute Gasteiger partial charge is 0.384 e. The minimum absolute atomic E-state index is 0.131. The zero-order valence-corrected chi connectivity index (χ0v) is 13.5. The third kappa shape index (κ3) is 2.82. The number of phenolic OH excluding ortho intramolecular Hbond substituents is 1. The Morgan fingerprint density at radius 1 is 0.962 bits per heavy atom. The summed E-state index contributed by atoms with van der Waals surface area (Å²) in [5, 5.41) is 23.0. The van der Waals surface area contributed by atoms with Gasteiger partial charge in [0.05, 0.1) is 5.39 Å². The van der Waals surface area contributed by atoms with E-state index in [0.29, 0.717) is 15.9 Å². The first-order valence-electron chi connectivity index (χ1n) is 7.85. The van der Waals surface area contributed by atoms with E-state index in [1.54, 1.807) is 30.3 Å². The van der Waals surface area contributed by atoms with E-state index in [-0.39, 0.29) is 11.4 Å². The molecule has 3 N–H and O–H groups in total. The van der Waals surface area contributed by atoms with Crippen molar-refractivity contribution in [2.45, 2.75) is 0 Å². The normalized spacial score (nSPS) is 10.8. The van der Waals surface area contributed by atoms with Gasteiger partial charge in [0.25, 0.3) is 0 Å². The van der Waals surface area contributed by atoms with E-state index < -0.39 is 5.69 Å². The Balaban J connectivity index is 1.69. The number of pyridine rings is 1. The van der Waals surface area contributed by atoms with E-state index in [9.17, 15) is 15.1 Å². The summed E-state index contributed by atoms with van der Waals surface area (Å²) < 4.78 is 0.422. The van der Waals surface area contributed by atoms with Crippen molar-refractivity contribution in [2.75, 3.05) is 5.32 Å². The average molecular weight is 346 g/mol. The zero-order valence-electron chi connectivity index (χ0n) is 13.5. The number of phenols is 1. The van der Waals surface area contributed by atoms with Gasteiger partial charge in [-0.15, -0.1) is 4.73 Å². The van der Waals surface area contributed by atoms with Crippen LogP contribution in [0.1, 0.15) is 0 Å². The largest absolute Gasteiger partial charge is 0.508 e. The van der Waals surface area contributed by atoms with Crippen LogP contribution in [0, 0.1) is 0 Å². The second-order valence-corrected chi connectivity index (χ2v) is 5.68. The lowest BCUT2D eigenvalue weighted by atomic mass is 10.1. The Labute approximate surface area is 147 Å². The zero-order chi connectivity index (χ0) is 18.1. The van der Waals surface area contributed by atoms with E-state index >= 15 is 0 Å². The van der Waals surface area contributed by atoms with Gasteiger partial charge in [0.15, 0.2) is 5.65 Å². The summed E-state index contributed by atoms with van der Waals surface area (Å²) in [4.78, 5) is 19.7. The molecule has 0 unspecified atom stereocenters. The van der Waals surface area contributed by atoms with E-state index in [2.05, 4.69) is 15.3 Å². The van der Waals surface area contributed by atoms with Crippen LogP contribution in [0.5, 0.6) is 5.75 Å². The first-order chi connectivity index (χ1) is 12.6. The topological polar surface area (TPSA) is 100 Å². The molecule has 0 aliphatic carbocycles. The fraction of sp³-hybridized carbons (Fsp3) is 0. The number of fused-ring (bicyclic) bond motifs is 1. The summed E-state index contributed by atoms with van der Waals surface area (Å²) >= 11 is 0. The van der Waals surface area contributed by atoms with Crippen molar-refractivity contribution in [3.8, 4) is 16.9 Å². The highest BCUT2D eigenvalue weighted by atomic mass is 16.5. The molecule has 0 saturated heterocycles. The average Bonchev–Trinajstić information content (AvgIpc) is 2.66. The minimum atomic E-state index is -0.810. The number of nitrogens with zero attached hydrogens (tertiary/aromatic N) is 3. The van der Waals surface area contributed by atoms with Gasteiger partial charge in [-0.3, -0.25) is 0 Å². The third-order valence-corrected chi connectivity index (χ3v) is 3.96. The Hall–Kier alpha value is -3.87. The van der Waals surface area contributed by atoms with Gasteiger partial charge in [0.2, 0.25) is 0 Å². The summed E-state index contributed by atoms with van der Waals surface area (Å²) in [5.74, 6) is 0.519. The predicted molar refractivity (Wildman–Crippen MR) is 97.8 cm³/mol. The molecule has 2 aromatic heterocycles. The molecule has 128 valence electrons. The van der Waals surface area contributed by atoms with Crippen LogP contribution >= 0.6 is 0 Å². The maximum atomic E-state index is 11.8. The second kappa shape index (κ2) is 6.21. The summed E-state index contributed by atoms with van der Waals surface area (Å²) in [6, 6.07) is 17.9. The lowest BCUT2D eigenvalue weighted by Gasteiger charge is -2.10. The molecular weight excluding hydrogens is 332 g/mol. The van der Waals surface area contributed by atoms with Crippen LogP contribution in [-0.4, -0.2) is 25.0 Å². The highest BCUT2D eigenvalue weighted by Crippen LogP contribution is 2.26. The van der Waals surface area contributed by atoms with Gasteiger partial charge in [-0.1, -0.05) is 24.3 Å². The number of aromatic hydroxyl groups is 1. The standard InChI is InChI=1S/C19H14N4O3/c24-15-4-1-3-13(11-15)12-6-8-14(9-7-12)21-17-16-5-2-10-20-18(16)23(26)19(25)22-17/h1-11,24,26H,(H,21,22,25). The van der Waals surface area contributed by atoms with Gasteiger partial charge in [0.1, 0.15) is 11.6 Å². The molecule has 4 aromatic rings. The van der Waals surface area contributed by atoms with Crippen LogP contribution in [0.2, 0.25) is 0 Å². The molecule has 2 aromatic carbocycles. The summed E-state index contributed by atoms with van der Waals surface area (Å²) in [6.07, 6.45) is 1.49. The van der Waals surface area contributed by atoms with Crippen molar-refractivity contribution >= 4 is 22.5 Å². The summed E-state index contributed by atoms with van der Waals surface area (Å²) in [6.45, 7) is 0. The number of anilines is 2. The van der Waals surface area contributed by atoms with Crippen LogP contribution in [0.3, 0.4) is 0 Å². The van der Waals surface area contributed by atoms with Crippen molar-refractivity contribution in [3.63, 3.8) is 0 Å². The van der Waals surface area contributed by atoms with E-state index in [4.69, 9.17) is 0 Å². The minimum Gasteiger partial charge on any atom is -0.508 e. The van der Waals surface area contributed by atoms with Gasteiger partial charge >= 0.3 is 5.69 Å². The number of hydrogen-bond acceptors (Lipinski definition) is 6. The molecule has 26 heavy (non-hydrogen) atoms. The van der Waals surface area contributed by atoms with E-state index in [1.807, 2.05) is 30.3 Å². The molecule has 0 atom stereocenters. The molecule has 2 heterocycles. The Kier molecular flexibility index (Phi) is 3.74. The van der Waals surface area contributed by atoms with Crippen LogP contribution in [0.4, 0.5) is 11.5 Å². The van der Waals surface area contributed by atoms with Crippen LogP contribution in [0.15, 0.2) is 71.7 Å². The molecule has 0 aliphatic rings. The number of rotatable bonds is 3. The Bertz CT molecular complexity index is 1150. The van der Waals surface area contributed by atoms with Crippen LogP contribution < -0.4 is 11.0 Å². The summed E-state index contributed by atoms with van der Waals surface area (Å²) in [5.41, 5.74) is 1.88. The van der Waals surface area contributed by atoms with Gasteiger partial charge < -0.3 is 15.6 Å². The molecule has 0 aliphatic heterocycles. The lowest BCUT2D eigenvalue weighted by Crippen LogP contribution is -2.23. The quantitative estimate of drug-likeness (QED) is 0.493. The van der Waals surface area contributed by atoms with Crippen molar-refractivity contribution in [2.24, 2.45) is 0 Å². The van der Waals surface area contributed by atoms with Crippen molar-refractivity contribution < 1.29 is 10.3 Å². The molecule has 0 radical (unpaired) electrons. The fourth-order valence-electron chi connectivity index (χ4n) is 2.71. The Morgan fingerprint density at radius 2 is 1.77 bits per heavy atom. The maximum absolute atomic E-state index is 11.8. The predicted octanol–water partition coefficient (Wildman–Crippen LogP) is 3.15. The fourth-order valence-corrected chi connectivity index (χ4v) is 2.71. The van der Waals surface area contributed by atoms with Crippen molar-refractivity contribution in [1.82, 2.24) is 14.7 Å². The van der Waals surface area contributed by atoms with E-state index in [1.165, 1.54) is 6.20 Å². The molecule has 0 amide bonds. The molecule has 0 saturated carbocycles. The van der Waals surface area contributed by atoms with Crippen molar-refractivity contribution in [1.29, 1.82) is 0 Å². The number of hydrogen-bond donors (Lipinski definition) is 3. The van der Waals surface area contributed by atoms with Crippen LogP contribution in [0.25, 0.3) is 22.2 Å². The number of benzene rings is 2. The first-order valence-corrected chi connectivity index (χ1v) is 7.85. The van der Waals surface area contributed by atoms with Gasteiger partial charge in [0, 0.05) is 11.9 Å². The van der Waals surface area contributed by atoms with Crippen LogP contribution in [-0.2, 0) is 0 Å². The summed E-state index contributed by atoms with van der Waals surface area (Å²) in [7, 11) is 0. The lowest BCUT2D eigenvalue weighted by molar-refractivity contribution is 0.182. The molecular formula is C19H14N4O3. The first kappa shape index (κ1) is 15.6. The molecule has 7 nitrogen and oxygen atoms in total. The van der Waals surface area contributed by atoms with Gasteiger partial charge in [-0.2, -0.15) is 4.98 Å². The number of nitrogens with one attached hydrogen (secondary N) is 1. The maximum Gasteiger partial charge on any atom is 0.384 e. The monoisotopic (exact) mass is 346 g/mol. The SMILES string of the molecule is O=c1nc(Nc2ccc(-c3cccc(O)c3)cc2)c2cccnc2n1O. The van der Waals surface area contributed by atoms with Crippen molar-refractivity contribution in [3.05, 3.63) is 77.3 Å². The number of aromatic nitrogens is 3. The molecule has 0 bridgehead atoms. The molecule has 0 spiro atoms. The Morgan fingerprint density at radius 3 is 2.54 bits per heavy atom. The molecule has 7 heteroatoms. The third-order valence-electron chi connectivity index (χ3n) is 3.96. The van der Waals surface area contributed by atoms with E-state index in [0.717, 1.165) is 16.8 Å². The van der Waals surface area contributed by atoms with Gasteiger partial charge in [-0.05, 0) is 47.5 Å². The van der Waals surface area contributed by atoms with Gasteiger partial charge in [-0.25, -0.2) is 9.78 Å². The highest BCUT2D eigenvalue weighted by molar-refractivity contribution is 5.88.